The van der Waals surface area contributed by atoms with Crippen LogP contribution in [-0.4, -0.2) is 51.7 Å². The largest absolute Gasteiger partial charge is 0.382 e. The van der Waals surface area contributed by atoms with Gasteiger partial charge in [0.2, 0.25) is 0 Å². The lowest BCUT2D eigenvalue weighted by molar-refractivity contribution is -0.966. The standard InChI is InChI=1S/C25H33N3O2/c1-5-17-15-28(16-23(29)27-25(2,3)4)13-11-18(17)14-22(28)24(30)20-10-12-26-21-9-7-6-8-19(20)21/h5-10,12,17-18,22,24,30H,1,11,13-16H2,2-4H3/p+1/t17-,18-,22+,24-,28-/m0/s1. The number of hydrogen-bond donors (Lipinski definition) is 2. The fraction of sp³-hybridized carbons (Fsp3) is 0.520. The predicted octanol–water partition coefficient (Wildman–Crippen LogP) is 3.59. The molecule has 1 aromatic heterocycles. The molecule has 3 aliphatic rings. The van der Waals surface area contributed by atoms with Gasteiger partial charge in [-0.1, -0.05) is 24.3 Å². The Bertz CT molecular complexity index is 946. The van der Waals surface area contributed by atoms with Crippen molar-refractivity contribution >= 4 is 16.8 Å². The fourth-order valence-corrected chi connectivity index (χ4v) is 5.71. The lowest BCUT2D eigenvalue weighted by Gasteiger charge is -2.57. The number of carbonyl (C=O) groups is 1. The van der Waals surface area contributed by atoms with Gasteiger partial charge in [-0.2, -0.15) is 0 Å². The van der Waals surface area contributed by atoms with Crippen LogP contribution in [0.25, 0.3) is 10.9 Å². The van der Waals surface area contributed by atoms with Crippen molar-refractivity contribution in [1.29, 1.82) is 0 Å². The van der Waals surface area contributed by atoms with E-state index in [9.17, 15) is 9.90 Å². The number of quaternary nitrogens is 1. The van der Waals surface area contributed by atoms with Crippen molar-refractivity contribution in [3.63, 3.8) is 0 Å². The minimum absolute atomic E-state index is 0.00326. The Morgan fingerprint density at radius 1 is 1.37 bits per heavy atom. The third kappa shape index (κ3) is 3.88. The summed E-state index contributed by atoms with van der Waals surface area (Å²) in [5.41, 5.74) is 1.55. The minimum atomic E-state index is -0.631. The average Bonchev–Trinajstić information content (AvgIpc) is 2.71. The van der Waals surface area contributed by atoms with Gasteiger partial charge in [-0.05, 0) is 44.4 Å². The number of carbonyl (C=O) groups excluding carboxylic acids is 1. The first-order valence-corrected chi connectivity index (χ1v) is 11.0. The average molecular weight is 409 g/mol. The van der Waals surface area contributed by atoms with E-state index < -0.39 is 6.10 Å². The summed E-state index contributed by atoms with van der Waals surface area (Å²) in [5, 5.41) is 15.8. The molecule has 5 atom stereocenters. The van der Waals surface area contributed by atoms with E-state index in [2.05, 4.69) is 23.0 Å². The Kier molecular flexibility index (Phi) is 5.45. The van der Waals surface area contributed by atoms with Gasteiger partial charge in [0.25, 0.3) is 5.91 Å². The zero-order chi connectivity index (χ0) is 21.5. The molecule has 1 aromatic carbocycles. The summed E-state index contributed by atoms with van der Waals surface area (Å²) >= 11 is 0. The second-order valence-corrected chi connectivity index (χ2v) is 10.2. The molecular formula is C25H34N3O2+. The van der Waals surface area contributed by atoms with E-state index in [1.807, 2.05) is 51.1 Å². The molecule has 0 spiro atoms. The van der Waals surface area contributed by atoms with Crippen molar-refractivity contribution in [2.75, 3.05) is 19.6 Å². The second kappa shape index (κ2) is 7.78. The molecule has 3 aliphatic heterocycles. The molecule has 30 heavy (non-hydrogen) atoms. The normalized spacial score (nSPS) is 29.5. The number of rotatable bonds is 5. The molecule has 0 unspecified atom stereocenters. The lowest BCUT2D eigenvalue weighted by atomic mass is 9.71. The highest BCUT2D eigenvalue weighted by atomic mass is 16.3. The Morgan fingerprint density at radius 2 is 2.13 bits per heavy atom. The summed E-state index contributed by atoms with van der Waals surface area (Å²) in [7, 11) is 0. The maximum atomic E-state index is 13.0. The maximum absolute atomic E-state index is 13.0. The van der Waals surface area contributed by atoms with Gasteiger partial charge >= 0.3 is 0 Å². The molecule has 2 aromatic rings. The number of nitrogens with one attached hydrogen (secondary N) is 1. The van der Waals surface area contributed by atoms with Crippen LogP contribution < -0.4 is 5.32 Å². The van der Waals surface area contributed by atoms with Gasteiger partial charge in [-0.15, -0.1) is 6.58 Å². The van der Waals surface area contributed by atoms with E-state index in [0.717, 1.165) is 42.4 Å². The Balaban J connectivity index is 1.69. The number of benzene rings is 1. The van der Waals surface area contributed by atoms with Crippen molar-refractivity contribution < 1.29 is 14.4 Å². The molecule has 160 valence electrons. The molecular weight excluding hydrogens is 374 g/mol. The number of aliphatic hydroxyl groups is 1. The summed E-state index contributed by atoms with van der Waals surface area (Å²) < 4.78 is 0.632. The molecule has 1 amide bonds. The van der Waals surface area contributed by atoms with Gasteiger partial charge in [0.15, 0.2) is 6.54 Å². The highest BCUT2D eigenvalue weighted by molar-refractivity contribution is 5.82. The van der Waals surface area contributed by atoms with Crippen LogP contribution in [0.1, 0.15) is 45.3 Å². The summed E-state index contributed by atoms with van der Waals surface area (Å²) in [4.78, 5) is 17.4. The van der Waals surface area contributed by atoms with Gasteiger partial charge in [-0.25, -0.2) is 0 Å². The summed E-state index contributed by atoms with van der Waals surface area (Å²) in [5.74, 6) is 0.988. The molecule has 5 rings (SSSR count). The van der Waals surface area contributed by atoms with Crippen LogP contribution in [0.5, 0.6) is 0 Å². The number of piperidine rings is 3. The van der Waals surface area contributed by atoms with Crippen molar-refractivity contribution in [2.45, 2.75) is 51.3 Å². The smallest absolute Gasteiger partial charge is 0.275 e. The number of aromatic nitrogens is 1. The second-order valence-electron chi connectivity index (χ2n) is 10.2. The monoisotopic (exact) mass is 408 g/mol. The van der Waals surface area contributed by atoms with Crippen LogP contribution in [0.15, 0.2) is 49.2 Å². The molecule has 3 fully saturated rings. The van der Waals surface area contributed by atoms with E-state index in [1.165, 1.54) is 0 Å². The fourth-order valence-electron chi connectivity index (χ4n) is 5.71. The van der Waals surface area contributed by atoms with Crippen molar-refractivity contribution in [3.05, 3.63) is 54.7 Å². The molecule has 4 heterocycles. The van der Waals surface area contributed by atoms with E-state index in [4.69, 9.17) is 0 Å². The van der Waals surface area contributed by atoms with Gasteiger partial charge < -0.3 is 14.9 Å². The number of hydrogen-bond acceptors (Lipinski definition) is 3. The number of aliphatic hydroxyl groups excluding tert-OH is 1. The highest BCUT2D eigenvalue weighted by Gasteiger charge is 2.54. The van der Waals surface area contributed by atoms with Crippen molar-refractivity contribution in [1.82, 2.24) is 10.3 Å². The lowest BCUT2D eigenvalue weighted by Crippen LogP contribution is -2.70. The number of nitrogens with zero attached hydrogens (tertiary/aromatic N) is 2. The molecule has 0 radical (unpaired) electrons. The molecule has 0 saturated carbocycles. The van der Waals surface area contributed by atoms with Crippen LogP contribution in [0.3, 0.4) is 0 Å². The summed E-state index contributed by atoms with van der Waals surface area (Å²) in [6.45, 7) is 12.3. The highest BCUT2D eigenvalue weighted by Crippen LogP contribution is 2.46. The van der Waals surface area contributed by atoms with Crippen molar-refractivity contribution in [2.24, 2.45) is 11.8 Å². The Morgan fingerprint density at radius 3 is 2.87 bits per heavy atom. The van der Waals surface area contributed by atoms with E-state index in [0.29, 0.717) is 22.9 Å². The molecule has 5 nitrogen and oxygen atoms in total. The molecule has 3 saturated heterocycles. The molecule has 5 heteroatoms. The van der Waals surface area contributed by atoms with Gasteiger partial charge in [-0.3, -0.25) is 9.78 Å². The quantitative estimate of drug-likeness (QED) is 0.587. The number of amides is 1. The first kappa shape index (κ1) is 21.0. The van der Waals surface area contributed by atoms with Gasteiger partial charge in [0.1, 0.15) is 12.1 Å². The summed E-state index contributed by atoms with van der Waals surface area (Å²) in [6.07, 6.45) is 5.20. The first-order valence-electron chi connectivity index (χ1n) is 11.0. The predicted molar refractivity (Wildman–Crippen MR) is 120 cm³/mol. The zero-order valence-corrected chi connectivity index (χ0v) is 18.3. The topological polar surface area (TPSA) is 62.2 Å². The number of fused-ring (bicyclic) bond motifs is 4. The van der Waals surface area contributed by atoms with E-state index >= 15 is 0 Å². The first-order chi connectivity index (χ1) is 14.2. The third-order valence-corrected chi connectivity index (χ3v) is 7.01. The number of para-hydroxylation sites is 1. The van der Waals surface area contributed by atoms with Crippen LogP contribution in [-0.2, 0) is 4.79 Å². The van der Waals surface area contributed by atoms with Crippen LogP contribution in [0.2, 0.25) is 0 Å². The SMILES string of the molecule is C=C[C@H]1C[N@+]2(CC(=O)NC(C)(C)C)CC[C@H]1C[C@@H]2[C@@H](O)c1ccnc2ccccc12. The third-order valence-electron chi connectivity index (χ3n) is 7.01. The van der Waals surface area contributed by atoms with Crippen LogP contribution in [0, 0.1) is 11.8 Å². The van der Waals surface area contributed by atoms with E-state index in [1.54, 1.807) is 6.20 Å². The molecule has 2 N–H and O–H groups in total. The van der Waals surface area contributed by atoms with Crippen LogP contribution in [0.4, 0.5) is 0 Å². The Labute approximate surface area is 179 Å². The zero-order valence-electron chi connectivity index (χ0n) is 18.3. The molecule has 2 bridgehead atoms. The minimum Gasteiger partial charge on any atom is -0.382 e. The van der Waals surface area contributed by atoms with Crippen molar-refractivity contribution in [3.8, 4) is 0 Å². The van der Waals surface area contributed by atoms with Gasteiger partial charge in [0, 0.05) is 35.9 Å². The summed E-state index contributed by atoms with van der Waals surface area (Å²) in [6, 6.07) is 9.90. The van der Waals surface area contributed by atoms with Gasteiger partial charge in [0.05, 0.1) is 18.6 Å². The van der Waals surface area contributed by atoms with E-state index in [-0.39, 0.29) is 17.5 Å². The van der Waals surface area contributed by atoms with Crippen LogP contribution >= 0.6 is 0 Å². The molecule has 0 aliphatic carbocycles. The Hall–Kier alpha value is -2.24. The number of pyridine rings is 1. The maximum Gasteiger partial charge on any atom is 0.275 e.